The Labute approximate surface area is 162 Å². The van der Waals surface area contributed by atoms with Crippen LogP contribution in [0.15, 0.2) is 47.8 Å². The third-order valence-electron chi connectivity index (χ3n) is 5.72. The number of aromatic nitrogens is 2. The smallest absolute Gasteiger partial charge is 0.267 e. The van der Waals surface area contributed by atoms with E-state index < -0.39 is 17.3 Å². The Hall–Kier alpha value is -2.95. The fourth-order valence-electron chi connectivity index (χ4n) is 4.36. The molecule has 2 aromatic rings. The lowest BCUT2D eigenvalue weighted by Gasteiger charge is -2.49. The summed E-state index contributed by atoms with van der Waals surface area (Å²) in [6.07, 6.45) is 4.20. The quantitative estimate of drug-likeness (QED) is 0.622. The van der Waals surface area contributed by atoms with Crippen LogP contribution in [0.2, 0.25) is 0 Å². The van der Waals surface area contributed by atoms with E-state index in [0.29, 0.717) is 35.4 Å². The molecular weight excluding hydrogens is 358 g/mol. The molecule has 4 rings (SSSR count). The molecule has 0 saturated heterocycles. The molecule has 1 aliphatic carbocycles. The highest BCUT2D eigenvalue weighted by Gasteiger charge is 2.62. The van der Waals surface area contributed by atoms with Crippen LogP contribution in [-0.2, 0) is 6.54 Å². The summed E-state index contributed by atoms with van der Waals surface area (Å²) in [5.74, 6) is -2.69. The zero-order valence-corrected chi connectivity index (χ0v) is 15.3. The van der Waals surface area contributed by atoms with Crippen LogP contribution in [0.4, 0.5) is 0 Å². The standard InChI is InChI=1S/C21H21N3O4/c1-2-11-24-18(25)8-6-16(23-24)19-15-12-14(13-22)5-7-17(15)28-20(21(19,26)27)9-3-4-10-20/h2,5-8,12,19,26-27H,1,3-4,9-11H2. The van der Waals surface area contributed by atoms with Gasteiger partial charge in [-0.15, -0.1) is 6.58 Å². The first-order valence-electron chi connectivity index (χ1n) is 9.28. The van der Waals surface area contributed by atoms with Gasteiger partial charge < -0.3 is 14.9 Å². The van der Waals surface area contributed by atoms with Crippen LogP contribution in [-0.4, -0.2) is 31.4 Å². The zero-order chi connectivity index (χ0) is 19.9. The van der Waals surface area contributed by atoms with Crippen molar-refractivity contribution in [1.29, 1.82) is 5.26 Å². The SMILES string of the molecule is C=CCn1nc(C2c3cc(C#N)ccc3OC3(CCCC3)C2(O)O)ccc1=O. The van der Waals surface area contributed by atoms with E-state index in [-0.39, 0.29) is 12.1 Å². The van der Waals surface area contributed by atoms with Crippen LogP contribution in [0.5, 0.6) is 5.75 Å². The summed E-state index contributed by atoms with van der Waals surface area (Å²) < 4.78 is 7.35. The second kappa shape index (κ2) is 6.59. The van der Waals surface area contributed by atoms with E-state index >= 15 is 0 Å². The van der Waals surface area contributed by atoms with E-state index in [9.17, 15) is 20.3 Å². The molecule has 1 fully saturated rings. The number of rotatable bonds is 3. The first-order chi connectivity index (χ1) is 13.4. The van der Waals surface area contributed by atoms with E-state index in [1.165, 1.54) is 16.8 Å². The van der Waals surface area contributed by atoms with E-state index in [4.69, 9.17) is 4.74 Å². The Kier molecular flexibility index (Phi) is 4.33. The molecule has 1 aliphatic heterocycles. The summed E-state index contributed by atoms with van der Waals surface area (Å²) in [6, 6.07) is 9.86. The number of benzene rings is 1. The maximum atomic E-state index is 12.1. The minimum absolute atomic E-state index is 0.204. The molecule has 0 amide bonds. The van der Waals surface area contributed by atoms with Crippen molar-refractivity contribution in [2.24, 2.45) is 0 Å². The van der Waals surface area contributed by atoms with Gasteiger partial charge in [0.25, 0.3) is 5.56 Å². The minimum Gasteiger partial charge on any atom is -0.481 e. The van der Waals surface area contributed by atoms with Crippen molar-refractivity contribution >= 4 is 0 Å². The first kappa shape index (κ1) is 18.4. The van der Waals surface area contributed by atoms with Crippen LogP contribution >= 0.6 is 0 Å². The Morgan fingerprint density at radius 1 is 1.32 bits per heavy atom. The lowest BCUT2D eigenvalue weighted by molar-refractivity contribution is -0.279. The van der Waals surface area contributed by atoms with Gasteiger partial charge in [0.05, 0.1) is 29.8 Å². The Morgan fingerprint density at radius 2 is 2.07 bits per heavy atom. The van der Waals surface area contributed by atoms with Gasteiger partial charge in [0, 0.05) is 11.6 Å². The highest BCUT2D eigenvalue weighted by molar-refractivity contribution is 5.50. The van der Waals surface area contributed by atoms with Gasteiger partial charge in [-0.1, -0.05) is 6.08 Å². The maximum absolute atomic E-state index is 12.1. The van der Waals surface area contributed by atoms with Gasteiger partial charge in [-0.05, 0) is 49.9 Å². The average Bonchev–Trinajstić information content (AvgIpc) is 3.15. The third-order valence-corrected chi connectivity index (χ3v) is 5.72. The largest absolute Gasteiger partial charge is 0.481 e. The molecule has 1 aromatic heterocycles. The second-order valence-corrected chi connectivity index (χ2v) is 7.39. The molecule has 0 radical (unpaired) electrons. The van der Waals surface area contributed by atoms with Gasteiger partial charge in [-0.3, -0.25) is 4.79 Å². The predicted molar refractivity (Wildman–Crippen MR) is 101 cm³/mol. The van der Waals surface area contributed by atoms with Gasteiger partial charge in [0.2, 0.25) is 5.79 Å². The van der Waals surface area contributed by atoms with E-state index in [2.05, 4.69) is 17.7 Å². The van der Waals surface area contributed by atoms with Crippen LogP contribution in [0.3, 0.4) is 0 Å². The normalized spacial score (nSPS) is 21.5. The molecule has 0 bridgehead atoms. The van der Waals surface area contributed by atoms with Crippen LogP contribution < -0.4 is 10.3 Å². The fraction of sp³-hybridized carbons (Fsp3) is 0.381. The first-order valence-corrected chi connectivity index (χ1v) is 9.28. The van der Waals surface area contributed by atoms with Gasteiger partial charge in [0.1, 0.15) is 5.75 Å². The molecule has 2 N–H and O–H groups in total. The van der Waals surface area contributed by atoms with Gasteiger partial charge in [-0.25, -0.2) is 4.68 Å². The Bertz CT molecular complexity index is 1030. The van der Waals surface area contributed by atoms with Crippen molar-refractivity contribution < 1.29 is 14.9 Å². The number of nitriles is 1. The topological polar surface area (TPSA) is 108 Å². The lowest BCUT2D eigenvalue weighted by Crippen LogP contribution is -2.62. The molecule has 2 heterocycles. The maximum Gasteiger partial charge on any atom is 0.267 e. The number of nitrogens with zero attached hydrogens (tertiary/aromatic N) is 3. The third kappa shape index (κ3) is 2.65. The van der Waals surface area contributed by atoms with Crippen molar-refractivity contribution in [3.8, 4) is 11.8 Å². The summed E-state index contributed by atoms with van der Waals surface area (Å²) in [5, 5.41) is 36.3. The minimum atomic E-state index is -2.24. The molecule has 1 unspecified atom stereocenters. The van der Waals surface area contributed by atoms with Crippen LogP contribution in [0.25, 0.3) is 0 Å². The number of aliphatic hydroxyl groups is 2. The summed E-state index contributed by atoms with van der Waals surface area (Å²) in [7, 11) is 0. The Balaban J connectivity index is 1.95. The lowest BCUT2D eigenvalue weighted by atomic mass is 9.73. The molecule has 1 saturated carbocycles. The molecule has 1 aromatic carbocycles. The molecule has 144 valence electrons. The highest BCUT2D eigenvalue weighted by Crippen LogP contribution is 2.54. The molecule has 7 heteroatoms. The number of ether oxygens (including phenoxy) is 1. The summed E-state index contributed by atoms with van der Waals surface area (Å²) >= 11 is 0. The van der Waals surface area contributed by atoms with Gasteiger partial charge in [-0.2, -0.15) is 10.4 Å². The Morgan fingerprint density at radius 3 is 2.75 bits per heavy atom. The van der Waals surface area contributed by atoms with Crippen molar-refractivity contribution in [2.45, 2.75) is 49.5 Å². The van der Waals surface area contributed by atoms with Crippen molar-refractivity contribution in [3.63, 3.8) is 0 Å². The predicted octanol–water partition coefficient (Wildman–Crippen LogP) is 1.82. The monoisotopic (exact) mass is 379 g/mol. The van der Waals surface area contributed by atoms with Crippen molar-refractivity contribution in [1.82, 2.24) is 9.78 Å². The number of allylic oxidation sites excluding steroid dienone is 1. The van der Waals surface area contributed by atoms with Crippen LogP contribution in [0.1, 0.15) is 48.4 Å². The highest BCUT2D eigenvalue weighted by atomic mass is 16.6. The molecule has 1 spiro atoms. The molecule has 28 heavy (non-hydrogen) atoms. The summed E-state index contributed by atoms with van der Waals surface area (Å²) in [5.41, 5.74) is -0.279. The number of hydrogen-bond donors (Lipinski definition) is 2. The van der Waals surface area contributed by atoms with Crippen molar-refractivity contribution in [2.75, 3.05) is 0 Å². The van der Waals surface area contributed by atoms with E-state index in [0.717, 1.165) is 12.8 Å². The van der Waals surface area contributed by atoms with Gasteiger partial charge in [0.15, 0.2) is 5.60 Å². The van der Waals surface area contributed by atoms with Crippen molar-refractivity contribution in [3.05, 3.63) is 70.2 Å². The molecule has 1 atom stereocenters. The second-order valence-electron chi connectivity index (χ2n) is 7.39. The zero-order valence-electron chi connectivity index (χ0n) is 15.3. The summed E-state index contributed by atoms with van der Waals surface area (Å²) in [4.78, 5) is 12.1. The number of hydrogen-bond acceptors (Lipinski definition) is 6. The molecule has 7 nitrogen and oxygen atoms in total. The van der Waals surface area contributed by atoms with Crippen LogP contribution in [0, 0.1) is 11.3 Å². The number of fused-ring (bicyclic) bond motifs is 1. The average molecular weight is 379 g/mol. The summed E-state index contributed by atoms with van der Waals surface area (Å²) in [6.45, 7) is 3.83. The van der Waals surface area contributed by atoms with E-state index in [1.54, 1.807) is 24.3 Å². The molecule has 2 aliphatic rings. The fourth-order valence-corrected chi connectivity index (χ4v) is 4.36. The molecular formula is C21H21N3O4. The van der Waals surface area contributed by atoms with Gasteiger partial charge >= 0.3 is 0 Å². The van der Waals surface area contributed by atoms with E-state index in [1.807, 2.05) is 0 Å².